The summed E-state index contributed by atoms with van der Waals surface area (Å²) in [5, 5.41) is 0. The molecule has 3 nitrogen and oxygen atoms in total. The van der Waals surface area contributed by atoms with Crippen molar-refractivity contribution in [2.45, 2.75) is 13.3 Å². The fourth-order valence-corrected chi connectivity index (χ4v) is 24.2. The largest absolute Gasteiger partial charge is 0.312 e. The molecule has 80 valence electrons. The highest BCUT2D eigenvalue weighted by Crippen LogP contribution is 3.06. The summed E-state index contributed by atoms with van der Waals surface area (Å²) >= 11 is 0. The highest BCUT2D eigenvalue weighted by molar-refractivity contribution is 9.48. The molecule has 0 N–H and O–H groups in total. The standard InChI is InChI=1S/C6H16O3S3Si/c1-5-6-12(7-2,8-3,9-4)10-11-13-12/h5-6H2,1-4H3. The Kier molecular flexibility index (Phi) is 3.13. The molecule has 0 aromatic carbocycles. The summed E-state index contributed by atoms with van der Waals surface area (Å²) in [5.41, 5.74) is 0. The molecule has 7 heteroatoms. The fraction of sp³-hybridized carbons (Fsp3) is 1.00. The second-order valence-corrected chi connectivity index (χ2v) is 19.3. The molecular weight excluding hydrogens is 244 g/mol. The van der Waals surface area contributed by atoms with Gasteiger partial charge < -0.3 is 12.5 Å². The van der Waals surface area contributed by atoms with E-state index >= 15 is 0 Å². The Labute approximate surface area is 88.4 Å². The first-order valence-electron chi connectivity index (χ1n) is 3.96. The van der Waals surface area contributed by atoms with Crippen LogP contribution in [0.15, 0.2) is 0 Å². The minimum Gasteiger partial charge on any atom is -0.312 e. The molecule has 1 aliphatic rings. The van der Waals surface area contributed by atoms with Gasteiger partial charge in [-0.2, -0.15) is 0 Å². The van der Waals surface area contributed by atoms with E-state index in [1.807, 2.05) is 0 Å². The van der Waals surface area contributed by atoms with E-state index in [-0.39, 0.29) is 0 Å². The third-order valence-electron chi connectivity index (χ3n) is 2.28. The molecule has 0 amide bonds. The third kappa shape index (κ3) is 1.40. The molecule has 0 bridgehead atoms. The number of rotatable bonds is 5. The Morgan fingerprint density at radius 3 is 1.69 bits per heavy atom. The normalized spacial score (nSPS) is 33.2. The maximum absolute atomic E-state index is 5.72. The summed E-state index contributed by atoms with van der Waals surface area (Å²) < 4.78 is 17.1. The second kappa shape index (κ2) is 3.33. The zero-order chi connectivity index (χ0) is 10.1. The summed E-state index contributed by atoms with van der Waals surface area (Å²) in [7, 11) is 6.02. The van der Waals surface area contributed by atoms with E-state index in [0.717, 1.165) is 12.2 Å². The Morgan fingerprint density at radius 2 is 1.62 bits per heavy atom. The fourth-order valence-electron chi connectivity index (χ4n) is 1.32. The van der Waals surface area contributed by atoms with Crippen LogP contribution in [0.5, 0.6) is 0 Å². The van der Waals surface area contributed by atoms with Crippen LogP contribution in [0, 0.1) is 0 Å². The van der Waals surface area contributed by atoms with Crippen molar-refractivity contribution in [1.82, 2.24) is 0 Å². The van der Waals surface area contributed by atoms with Crippen molar-refractivity contribution in [1.29, 1.82) is 0 Å². The predicted octanol–water partition coefficient (Wildman–Crippen LogP) is 2.80. The Bertz CT molecular complexity index is 180. The van der Waals surface area contributed by atoms with Gasteiger partial charge in [0.15, 0.2) is 0 Å². The highest BCUT2D eigenvalue weighted by Gasteiger charge is 2.69. The van der Waals surface area contributed by atoms with E-state index in [9.17, 15) is 0 Å². The summed E-state index contributed by atoms with van der Waals surface area (Å²) in [6.07, 6.45) is 1.01. The Balaban J connectivity index is 3.07. The molecule has 1 saturated heterocycles. The van der Waals surface area contributed by atoms with Crippen LogP contribution in [0.25, 0.3) is 0 Å². The molecule has 0 aliphatic carbocycles. The number of hydrogen-bond donors (Lipinski definition) is 0. The van der Waals surface area contributed by atoms with Crippen LogP contribution < -0.4 is 0 Å². The van der Waals surface area contributed by atoms with E-state index < -0.39 is 7.62 Å². The van der Waals surface area contributed by atoms with Gasteiger partial charge in [0, 0.05) is 5.75 Å². The number of hydrogen-bond acceptors (Lipinski definition) is 5. The van der Waals surface area contributed by atoms with Crippen molar-refractivity contribution < 1.29 is 12.5 Å². The van der Waals surface area contributed by atoms with Crippen LogP contribution in [-0.4, -0.2) is 34.9 Å². The van der Waals surface area contributed by atoms with Gasteiger partial charge in [0.2, 0.25) is 0 Å². The first-order valence-corrected chi connectivity index (χ1v) is 11.5. The molecule has 0 unspecified atom stereocenters. The van der Waals surface area contributed by atoms with Crippen molar-refractivity contribution in [2.24, 2.45) is 0 Å². The van der Waals surface area contributed by atoms with Gasteiger partial charge in [0.05, 0.1) is 21.3 Å². The quantitative estimate of drug-likeness (QED) is 0.560. The molecule has 0 atom stereocenters. The summed E-state index contributed by atoms with van der Waals surface area (Å²) in [5.74, 6) is 0.861. The van der Waals surface area contributed by atoms with Gasteiger partial charge in [-0.25, -0.2) is 0 Å². The van der Waals surface area contributed by atoms with E-state index in [0.29, 0.717) is 7.82 Å². The minimum absolute atomic E-state index is 0.561. The lowest BCUT2D eigenvalue weighted by molar-refractivity contribution is 0.230. The van der Waals surface area contributed by atoms with Crippen molar-refractivity contribution in [3.63, 3.8) is 0 Å². The van der Waals surface area contributed by atoms with Crippen LogP contribution in [0.3, 0.4) is 0 Å². The van der Waals surface area contributed by atoms with E-state index in [1.165, 1.54) is 0 Å². The molecular formula is C6H16O3S3Si. The van der Waals surface area contributed by atoms with E-state index in [2.05, 4.69) is 6.92 Å². The van der Waals surface area contributed by atoms with Gasteiger partial charge in [0.1, 0.15) is 0 Å². The molecule has 1 heterocycles. The van der Waals surface area contributed by atoms with Gasteiger partial charge in [0.25, 0.3) is 7.82 Å². The molecule has 0 aromatic rings. The van der Waals surface area contributed by atoms with Crippen molar-refractivity contribution in [2.75, 3.05) is 27.1 Å². The zero-order valence-corrected chi connectivity index (χ0v) is 11.8. The zero-order valence-electron chi connectivity index (χ0n) is 8.36. The molecule has 1 fully saturated rings. The van der Waals surface area contributed by atoms with Crippen LogP contribution in [0.1, 0.15) is 13.3 Å². The van der Waals surface area contributed by atoms with Crippen LogP contribution in [0.2, 0.25) is 0 Å². The first kappa shape index (κ1) is 12.2. The SMILES string of the molecule is CCCS1(OC)(OC)(OC)[Si]SS1. The van der Waals surface area contributed by atoms with Gasteiger partial charge in [-0.1, -0.05) is 17.2 Å². The molecule has 0 saturated carbocycles. The van der Waals surface area contributed by atoms with Crippen LogP contribution in [0.4, 0.5) is 0 Å². The van der Waals surface area contributed by atoms with E-state index in [4.69, 9.17) is 12.5 Å². The molecule has 1 aliphatic heterocycles. The minimum atomic E-state index is -3.06. The lowest BCUT2D eigenvalue weighted by Crippen LogP contribution is -2.48. The van der Waals surface area contributed by atoms with Gasteiger partial charge in [-0.05, 0) is 23.9 Å². The molecule has 0 spiro atoms. The van der Waals surface area contributed by atoms with Gasteiger partial charge in [-0.3, -0.25) is 0 Å². The smallest absolute Gasteiger partial charge is 0.278 e. The topological polar surface area (TPSA) is 27.7 Å². The van der Waals surface area contributed by atoms with Crippen molar-refractivity contribution in [3.05, 3.63) is 0 Å². The summed E-state index contributed by atoms with van der Waals surface area (Å²) in [6, 6.07) is 0. The second-order valence-electron chi connectivity index (χ2n) is 2.80. The van der Waals surface area contributed by atoms with Gasteiger partial charge in [-0.15, -0.1) is 0 Å². The van der Waals surface area contributed by atoms with Crippen LogP contribution >= 0.6 is 27.7 Å². The lowest BCUT2D eigenvalue weighted by atomic mass is 10.6. The maximum atomic E-state index is 5.72. The van der Waals surface area contributed by atoms with E-state index in [1.54, 1.807) is 41.4 Å². The van der Waals surface area contributed by atoms with Gasteiger partial charge >= 0.3 is 0 Å². The van der Waals surface area contributed by atoms with Crippen molar-refractivity contribution >= 4 is 35.5 Å². The highest BCUT2D eigenvalue weighted by atomic mass is 33.7. The van der Waals surface area contributed by atoms with Crippen LogP contribution in [-0.2, 0) is 12.5 Å². The monoisotopic (exact) mass is 260 g/mol. The van der Waals surface area contributed by atoms with Crippen molar-refractivity contribution in [3.8, 4) is 0 Å². The average Bonchev–Trinajstić information content (AvgIpc) is 2.14. The third-order valence-corrected chi connectivity index (χ3v) is 28.3. The Morgan fingerprint density at radius 1 is 1.15 bits per heavy atom. The molecule has 1 rings (SSSR count). The first-order chi connectivity index (χ1) is 6.06. The molecule has 13 heavy (non-hydrogen) atoms. The molecule has 0 aromatic heterocycles. The maximum Gasteiger partial charge on any atom is 0.278 e. The predicted molar refractivity (Wildman–Crippen MR) is 64.7 cm³/mol. The summed E-state index contributed by atoms with van der Waals surface area (Å²) in [4.78, 5) is 0. The average molecular weight is 260 g/mol. The Hall–Kier alpha value is 1.15. The summed E-state index contributed by atoms with van der Waals surface area (Å²) in [6.45, 7) is 2.12. The molecule has 2 radical (unpaired) electrons. The lowest BCUT2D eigenvalue weighted by Gasteiger charge is -2.78.